The van der Waals surface area contributed by atoms with Crippen LogP contribution >= 0.6 is 27.7 Å². The molecule has 0 saturated carbocycles. The van der Waals surface area contributed by atoms with Crippen molar-refractivity contribution in [1.82, 2.24) is 9.55 Å². The molecule has 0 fully saturated rings. The van der Waals surface area contributed by atoms with Gasteiger partial charge in [0.15, 0.2) is 5.16 Å². The summed E-state index contributed by atoms with van der Waals surface area (Å²) in [7, 11) is 0. The normalized spacial score (nSPS) is 10.6. The van der Waals surface area contributed by atoms with Crippen molar-refractivity contribution in [2.24, 2.45) is 0 Å². The number of nitrogens with zero attached hydrogens (tertiary/aromatic N) is 2. The SMILES string of the molecule is CCOC(=O)CSc1ncc(-c2ccc(Br)cc2)n1-c1ccccc1. The molecule has 0 saturated heterocycles. The monoisotopic (exact) mass is 416 g/mol. The summed E-state index contributed by atoms with van der Waals surface area (Å²) in [5.74, 6) is -0.00223. The minimum atomic E-state index is -0.236. The molecule has 25 heavy (non-hydrogen) atoms. The lowest BCUT2D eigenvalue weighted by atomic mass is 10.1. The maximum absolute atomic E-state index is 11.7. The maximum atomic E-state index is 11.7. The molecule has 0 aliphatic carbocycles. The molecule has 0 N–H and O–H groups in total. The van der Waals surface area contributed by atoms with Gasteiger partial charge in [0.25, 0.3) is 0 Å². The number of esters is 1. The van der Waals surface area contributed by atoms with Gasteiger partial charge in [-0.3, -0.25) is 9.36 Å². The zero-order valence-electron chi connectivity index (χ0n) is 13.7. The molecule has 0 aliphatic rings. The first-order valence-corrected chi connectivity index (χ1v) is 9.64. The Hall–Kier alpha value is -2.05. The summed E-state index contributed by atoms with van der Waals surface area (Å²) in [5, 5.41) is 0.761. The van der Waals surface area contributed by atoms with E-state index in [1.807, 2.05) is 60.8 Å². The van der Waals surface area contributed by atoms with Gasteiger partial charge in [0.2, 0.25) is 0 Å². The quantitative estimate of drug-likeness (QED) is 0.420. The summed E-state index contributed by atoms with van der Waals surface area (Å²) in [4.78, 5) is 16.2. The number of aromatic nitrogens is 2. The number of thioether (sulfide) groups is 1. The first-order chi connectivity index (χ1) is 12.2. The standard InChI is InChI=1S/C19H17BrN2O2S/c1-2-24-18(23)13-25-19-21-12-17(14-8-10-15(20)11-9-14)22(19)16-6-4-3-5-7-16/h3-12H,2,13H2,1H3. The predicted molar refractivity (Wildman–Crippen MR) is 104 cm³/mol. The molecule has 0 spiro atoms. The third-order valence-corrected chi connectivity index (χ3v) is 4.96. The summed E-state index contributed by atoms with van der Waals surface area (Å²) < 4.78 is 8.10. The van der Waals surface area contributed by atoms with E-state index in [4.69, 9.17) is 4.74 Å². The number of rotatable bonds is 6. The first kappa shape index (κ1) is 17.8. The second-order valence-electron chi connectivity index (χ2n) is 5.20. The van der Waals surface area contributed by atoms with Crippen LogP contribution in [0.1, 0.15) is 6.92 Å². The van der Waals surface area contributed by atoms with E-state index >= 15 is 0 Å². The Morgan fingerprint density at radius 1 is 1.16 bits per heavy atom. The van der Waals surface area contributed by atoms with Crippen LogP contribution in [0.25, 0.3) is 16.9 Å². The van der Waals surface area contributed by atoms with Crippen LogP contribution in [-0.4, -0.2) is 27.9 Å². The highest BCUT2D eigenvalue weighted by Gasteiger charge is 2.15. The first-order valence-electron chi connectivity index (χ1n) is 7.86. The molecule has 0 atom stereocenters. The van der Waals surface area contributed by atoms with Crippen molar-refractivity contribution in [3.8, 4) is 16.9 Å². The van der Waals surface area contributed by atoms with Gasteiger partial charge in [-0.05, 0) is 31.2 Å². The number of benzene rings is 2. The van der Waals surface area contributed by atoms with Crippen LogP contribution in [0.15, 0.2) is 70.4 Å². The maximum Gasteiger partial charge on any atom is 0.316 e. The second kappa shape index (κ2) is 8.36. The van der Waals surface area contributed by atoms with Gasteiger partial charge >= 0.3 is 5.97 Å². The van der Waals surface area contributed by atoms with E-state index in [1.54, 1.807) is 6.92 Å². The van der Waals surface area contributed by atoms with Crippen LogP contribution in [0.3, 0.4) is 0 Å². The van der Waals surface area contributed by atoms with Gasteiger partial charge in [-0.2, -0.15) is 0 Å². The van der Waals surface area contributed by atoms with Crippen LogP contribution < -0.4 is 0 Å². The fraction of sp³-hybridized carbons (Fsp3) is 0.158. The molecule has 3 rings (SSSR count). The highest BCUT2D eigenvalue weighted by Crippen LogP contribution is 2.30. The van der Waals surface area contributed by atoms with Crippen molar-refractivity contribution < 1.29 is 9.53 Å². The zero-order chi connectivity index (χ0) is 17.6. The Morgan fingerprint density at radius 3 is 2.56 bits per heavy atom. The lowest BCUT2D eigenvalue weighted by Gasteiger charge is -2.12. The molecule has 0 radical (unpaired) electrons. The van der Waals surface area contributed by atoms with Gasteiger partial charge in [0.1, 0.15) is 0 Å². The van der Waals surface area contributed by atoms with E-state index in [9.17, 15) is 4.79 Å². The number of ether oxygens (including phenoxy) is 1. The van der Waals surface area contributed by atoms with Crippen molar-refractivity contribution in [1.29, 1.82) is 0 Å². The van der Waals surface area contributed by atoms with E-state index in [-0.39, 0.29) is 11.7 Å². The molecule has 3 aromatic rings. The molecule has 6 heteroatoms. The molecule has 4 nitrogen and oxygen atoms in total. The summed E-state index contributed by atoms with van der Waals surface area (Å²) >= 11 is 4.84. The molecule has 0 aliphatic heterocycles. The number of hydrogen-bond donors (Lipinski definition) is 0. The van der Waals surface area contributed by atoms with E-state index in [2.05, 4.69) is 25.5 Å². The Balaban J connectivity index is 1.98. The predicted octanol–water partition coefficient (Wildman–Crippen LogP) is 4.96. The lowest BCUT2D eigenvalue weighted by Crippen LogP contribution is -2.08. The van der Waals surface area contributed by atoms with Crippen molar-refractivity contribution in [2.45, 2.75) is 12.1 Å². The minimum absolute atomic E-state index is 0.234. The van der Waals surface area contributed by atoms with Gasteiger partial charge < -0.3 is 4.74 Å². The minimum Gasteiger partial charge on any atom is -0.465 e. The Morgan fingerprint density at radius 2 is 1.88 bits per heavy atom. The summed E-state index contributed by atoms with van der Waals surface area (Å²) in [5.41, 5.74) is 3.04. The number of para-hydroxylation sites is 1. The molecular formula is C19H17BrN2O2S. The molecule has 0 unspecified atom stereocenters. The Bertz CT molecular complexity index is 848. The van der Waals surface area contributed by atoms with E-state index < -0.39 is 0 Å². The largest absolute Gasteiger partial charge is 0.465 e. The fourth-order valence-electron chi connectivity index (χ4n) is 2.41. The van der Waals surface area contributed by atoms with Crippen LogP contribution in [0.2, 0.25) is 0 Å². The molecule has 128 valence electrons. The topological polar surface area (TPSA) is 44.1 Å². The van der Waals surface area contributed by atoms with Gasteiger partial charge in [0, 0.05) is 15.7 Å². The molecule has 0 bridgehead atoms. The molecular weight excluding hydrogens is 400 g/mol. The van der Waals surface area contributed by atoms with Crippen LogP contribution in [0, 0.1) is 0 Å². The van der Waals surface area contributed by atoms with Crippen LogP contribution in [-0.2, 0) is 9.53 Å². The highest BCUT2D eigenvalue weighted by molar-refractivity contribution is 9.10. The number of halogens is 1. The smallest absolute Gasteiger partial charge is 0.316 e. The lowest BCUT2D eigenvalue weighted by molar-refractivity contribution is -0.139. The third kappa shape index (κ3) is 4.32. The Kier molecular flexibility index (Phi) is 5.94. The van der Waals surface area contributed by atoms with Gasteiger partial charge in [-0.1, -0.05) is 58.0 Å². The van der Waals surface area contributed by atoms with Crippen molar-refractivity contribution >= 4 is 33.7 Å². The Labute approximate surface area is 159 Å². The molecule has 1 aromatic heterocycles. The van der Waals surface area contributed by atoms with Crippen molar-refractivity contribution in [3.05, 3.63) is 65.3 Å². The van der Waals surface area contributed by atoms with Crippen molar-refractivity contribution in [2.75, 3.05) is 12.4 Å². The summed E-state index contributed by atoms with van der Waals surface area (Å²) in [6.45, 7) is 2.19. The number of hydrogen-bond acceptors (Lipinski definition) is 4. The average Bonchev–Trinajstić information content (AvgIpc) is 3.05. The summed E-state index contributed by atoms with van der Waals surface area (Å²) in [6, 6.07) is 18.1. The van der Waals surface area contributed by atoms with E-state index in [1.165, 1.54) is 11.8 Å². The third-order valence-electron chi connectivity index (χ3n) is 3.51. The van der Waals surface area contributed by atoms with Crippen LogP contribution in [0.4, 0.5) is 0 Å². The van der Waals surface area contributed by atoms with E-state index in [0.29, 0.717) is 6.61 Å². The van der Waals surface area contributed by atoms with E-state index in [0.717, 1.165) is 26.6 Å². The fourth-order valence-corrected chi connectivity index (χ4v) is 3.47. The second-order valence-corrected chi connectivity index (χ2v) is 7.06. The zero-order valence-corrected chi connectivity index (χ0v) is 16.1. The number of imidazole rings is 1. The average molecular weight is 417 g/mol. The van der Waals surface area contributed by atoms with Gasteiger partial charge in [-0.15, -0.1) is 0 Å². The molecule has 2 aromatic carbocycles. The van der Waals surface area contributed by atoms with Gasteiger partial charge in [-0.25, -0.2) is 4.98 Å². The summed E-state index contributed by atoms with van der Waals surface area (Å²) in [6.07, 6.45) is 1.84. The highest BCUT2D eigenvalue weighted by atomic mass is 79.9. The van der Waals surface area contributed by atoms with Crippen molar-refractivity contribution in [3.63, 3.8) is 0 Å². The molecule has 1 heterocycles. The molecule has 0 amide bonds. The number of carbonyl (C=O) groups excluding carboxylic acids is 1. The van der Waals surface area contributed by atoms with Crippen LogP contribution in [0.5, 0.6) is 0 Å². The van der Waals surface area contributed by atoms with Gasteiger partial charge in [0.05, 0.1) is 24.3 Å². The number of carbonyl (C=O) groups is 1.